The van der Waals surface area contributed by atoms with Gasteiger partial charge in [-0.05, 0) is 55.8 Å². The van der Waals surface area contributed by atoms with Crippen LogP contribution < -0.4 is 10.2 Å². The Balaban J connectivity index is 1.75. The van der Waals surface area contributed by atoms with Crippen LogP contribution >= 0.6 is 0 Å². The molecule has 3 rings (SSSR count). The topological polar surface area (TPSA) is 42.3 Å². The molecule has 1 N–H and O–H groups in total. The highest BCUT2D eigenvalue weighted by molar-refractivity contribution is 5.61. The lowest BCUT2D eigenvalue weighted by atomic mass is 10.1. The molecule has 29 heavy (non-hydrogen) atoms. The summed E-state index contributed by atoms with van der Waals surface area (Å²) in [4.78, 5) is 6.87. The smallest absolute Gasteiger partial charge is 0.203 e. The second kappa shape index (κ2) is 10.1. The number of nitrogens with zero attached hydrogens (tertiary/aromatic N) is 3. The fourth-order valence-corrected chi connectivity index (χ4v) is 3.37. The van der Waals surface area contributed by atoms with Crippen molar-refractivity contribution in [1.82, 2.24) is 9.55 Å². The van der Waals surface area contributed by atoms with Crippen LogP contribution in [0.3, 0.4) is 0 Å². The SMILES string of the molecule is CCN(CC)c1ccc(CNc2ncc(-c3ccc(F)cc3)n2CCOC)cc1. The molecule has 5 nitrogen and oxygen atoms in total. The van der Waals surface area contributed by atoms with Crippen molar-refractivity contribution in [2.24, 2.45) is 0 Å². The minimum absolute atomic E-state index is 0.247. The minimum atomic E-state index is -0.247. The highest BCUT2D eigenvalue weighted by Crippen LogP contribution is 2.24. The third kappa shape index (κ3) is 5.15. The van der Waals surface area contributed by atoms with Gasteiger partial charge in [0.1, 0.15) is 5.82 Å². The van der Waals surface area contributed by atoms with Crippen LogP contribution in [-0.2, 0) is 17.8 Å². The number of rotatable bonds is 10. The van der Waals surface area contributed by atoms with Gasteiger partial charge in [0.15, 0.2) is 0 Å². The van der Waals surface area contributed by atoms with Crippen LogP contribution in [0.25, 0.3) is 11.3 Å². The lowest BCUT2D eigenvalue weighted by Crippen LogP contribution is -2.21. The van der Waals surface area contributed by atoms with Gasteiger partial charge in [0.2, 0.25) is 5.95 Å². The first-order chi connectivity index (χ1) is 14.2. The number of hydrogen-bond donors (Lipinski definition) is 1. The van der Waals surface area contributed by atoms with Gasteiger partial charge in [-0.1, -0.05) is 12.1 Å². The van der Waals surface area contributed by atoms with E-state index < -0.39 is 0 Å². The van der Waals surface area contributed by atoms with E-state index in [0.717, 1.165) is 30.3 Å². The number of benzene rings is 2. The average molecular weight is 397 g/mol. The third-order valence-corrected chi connectivity index (χ3v) is 5.03. The van der Waals surface area contributed by atoms with Gasteiger partial charge >= 0.3 is 0 Å². The maximum absolute atomic E-state index is 13.3. The lowest BCUT2D eigenvalue weighted by molar-refractivity contribution is 0.188. The number of halogens is 1. The Morgan fingerprint density at radius 3 is 2.34 bits per heavy atom. The van der Waals surface area contributed by atoms with Crippen molar-refractivity contribution < 1.29 is 9.13 Å². The van der Waals surface area contributed by atoms with Crippen molar-refractivity contribution in [1.29, 1.82) is 0 Å². The van der Waals surface area contributed by atoms with E-state index in [1.54, 1.807) is 19.2 Å². The summed E-state index contributed by atoms with van der Waals surface area (Å²) in [5.41, 5.74) is 4.28. The van der Waals surface area contributed by atoms with Crippen LogP contribution in [0.1, 0.15) is 19.4 Å². The van der Waals surface area contributed by atoms with Gasteiger partial charge in [-0.3, -0.25) is 0 Å². The van der Waals surface area contributed by atoms with Crippen molar-refractivity contribution in [2.75, 3.05) is 37.0 Å². The molecule has 0 bridgehead atoms. The Kier molecular flexibility index (Phi) is 7.25. The molecule has 6 heteroatoms. The van der Waals surface area contributed by atoms with E-state index in [0.29, 0.717) is 19.7 Å². The van der Waals surface area contributed by atoms with E-state index in [4.69, 9.17) is 4.74 Å². The summed E-state index contributed by atoms with van der Waals surface area (Å²) >= 11 is 0. The number of aromatic nitrogens is 2. The number of anilines is 2. The molecular weight excluding hydrogens is 367 g/mol. The van der Waals surface area contributed by atoms with Crippen molar-refractivity contribution in [3.8, 4) is 11.3 Å². The van der Waals surface area contributed by atoms with E-state index in [2.05, 4.69) is 57.9 Å². The Bertz CT molecular complexity index is 886. The van der Waals surface area contributed by atoms with Crippen molar-refractivity contribution in [2.45, 2.75) is 26.9 Å². The van der Waals surface area contributed by atoms with Gasteiger partial charge in [0.05, 0.1) is 18.5 Å². The maximum atomic E-state index is 13.3. The second-order valence-electron chi connectivity index (χ2n) is 6.81. The van der Waals surface area contributed by atoms with Crippen molar-refractivity contribution in [3.05, 3.63) is 66.1 Å². The number of hydrogen-bond acceptors (Lipinski definition) is 4. The van der Waals surface area contributed by atoms with Gasteiger partial charge in [-0.2, -0.15) is 0 Å². The first kappa shape index (κ1) is 20.9. The fraction of sp³-hybridized carbons (Fsp3) is 0.348. The minimum Gasteiger partial charge on any atom is -0.383 e. The molecule has 0 aliphatic carbocycles. The molecule has 0 aliphatic heterocycles. The van der Waals surface area contributed by atoms with Gasteiger partial charge in [-0.15, -0.1) is 0 Å². The molecule has 0 saturated heterocycles. The molecule has 1 heterocycles. The Labute approximate surface area is 172 Å². The first-order valence-corrected chi connectivity index (χ1v) is 10.0. The largest absolute Gasteiger partial charge is 0.383 e. The molecule has 0 radical (unpaired) electrons. The Morgan fingerprint density at radius 1 is 1.03 bits per heavy atom. The highest BCUT2D eigenvalue weighted by atomic mass is 19.1. The van der Waals surface area contributed by atoms with E-state index in [1.807, 2.05) is 6.20 Å². The Hall–Kier alpha value is -2.86. The zero-order valence-electron chi connectivity index (χ0n) is 17.4. The maximum Gasteiger partial charge on any atom is 0.203 e. The summed E-state index contributed by atoms with van der Waals surface area (Å²) in [5.74, 6) is 0.525. The Morgan fingerprint density at radius 2 is 1.72 bits per heavy atom. The molecule has 0 amide bonds. The molecule has 0 spiro atoms. The van der Waals surface area contributed by atoms with Gasteiger partial charge in [0, 0.05) is 44.5 Å². The third-order valence-electron chi connectivity index (χ3n) is 5.03. The average Bonchev–Trinajstić information content (AvgIpc) is 3.15. The molecule has 154 valence electrons. The van der Waals surface area contributed by atoms with Crippen molar-refractivity contribution in [3.63, 3.8) is 0 Å². The summed E-state index contributed by atoms with van der Waals surface area (Å²) in [6.07, 6.45) is 1.81. The quantitative estimate of drug-likeness (QED) is 0.535. The van der Waals surface area contributed by atoms with E-state index in [1.165, 1.54) is 23.4 Å². The zero-order valence-corrected chi connectivity index (χ0v) is 17.4. The molecular formula is C23H29FN4O. The molecule has 0 saturated carbocycles. The standard InChI is InChI=1S/C23H29FN4O/c1-4-27(5-2)21-12-6-18(7-13-21)16-25-23-26-17-22(28(23)14-15-29-3)19-8-10-20(24)11-9-19/h6-13,17H,4-5,14-16H2,1-3H3,(H,25,26). The predicted molar refractivity (Wildman–Crippen MR) is 117 cm³/mol. The molecule has 0 atom stereocenters. The summed E-state index contributed by atoms with van der Waals surface area (Å²) < 4.78 is 20.6. The van der Waals surface area contributed by atoms with Crippen molar-refractivity contribution >= 4 is 11.6 Å². The highest BCUT2D eigenvalue weighted by Gasteiger charge is 2.12. The van der Waals surface area contributed by atoms with E-state index in [-0.39, 0.29) is 5.82 Å². The normalized spacial score (nSPS) is 10.9. The molecule has 2 aromatic carbocycles. The van der Waals surface area contributed by atoms with Gasteiger partial charge in [-0.25, -0.2) is 9.37 Å². The van der Waals surface area contributed by atoms with Gasteiger partial charge in [0.25, 0.3) is 0 Å². The monoisotopic (exact) mass is 396 g/mol. The predicted octanol–water partition coefficient (Wildman–Crippen LogP) is 4.79. The van der Waals surface area contributed by atoms with E-state index >= 15 is 0 Å². The zero-order chi connectivity index (χ0) is 20.6. The first-order valence-electron chi connectivity index (χ1n) is 10.0. The number of imidazole rings is 1. The van der Waals surface area contributed by atoms with Crippen LogP contribution in [0.5, 0.6) is 0 Å². The van der Waals surface area contributed by atoms with Crippen LogP contribution in [-0.4, -0.2) is 36.4 Å². The summed E-state index contributed by atoms with van der Waals surface area (Å²) in [5, 5.41) is 3.43. The summed E-state index contributed by atoms with van der Waals surface area (Å²) in [6.45, 7) is 8.22. The van der Waals surface area contributed by atoms with Crippen LogP contribution in [0, 0.1) is 5.82 Å². The lowest BCUT2D eigenvalue weighted by Gasteiger charge is -2.21. The second-order valence-corrected chi connectivity index (χ2v) is 6.81. The molecule has 0 aliphatic rings. The van der Waals surface area contributed by atoms with E-state index in [9.17, 15) is 4.39 Å². The molecule has 0 unspecified atom stereocenters. The van der Waals surface area contributed by atoms with Gasteiger partial charge < -0.3 is 19.5 Å². The molecule has 0 fully saturated rings. The molecule has 3 aromatic rings. The summed E-state index contributed by atoms with van der Waals surface area (Å²) in [6, 6.07) is 15.1. The summed E-state index contributed by atoms with van der Waals surface area (Å²) in [7, 11) is 1.68. The van der Waals surface area contributed by atoms with Crippen LogP contribution in [0.2, 0.25) is 0 Å². The number of methoxy groups -OCH3 is 1. The van der Waals surface area contributed by atoms with Crippen LogP contribution in [0.4, 0.5) is 16.0 Å². The fourth-order valence-electron chi connectivity index (χ4n) is 3.37. The number of nitrogens with one attached hydrogen (secondary N) is 1. The van der Waals surface area contributed by atoms with Crippen LogP contribution in [0.15, 0.2) is 54.7 Å². The number of ether oxygens (including phenoxy) is 1. The molecule has 1 aromatic heterocycles.